The molecule has 4 heteroatoms. The van der Waals surface area contributed by atoms with Crippen LogP contribution < -0.4 is 0 Å². The minimum absolute atomic E-state index is 0.0465. The van der Waals surface area contributed by atoms with Crippen molar-refractivity contribution in [1.29, 1.82) is 0 Å². The van der Waals surface area contributed by atoms with Crippen molar-refractivity contribution in [1.82, 2.24) is 4.90 Å². The van der Waals surface area contributed by atoms with Gasteiger partial charge in [-0.05, 0) is 71.6 Å². The van der Waals surface area contributed by atoms with Crippen LogP contribution in [0.5, 0.6) is 0 Å². The lowest BCUT2D eigenvalue weighted by Crippen LogP contribution is -2.50. The van der Waals surface area contributed by atoms with E-state index in [0.717, 1.165) is 51.9 Å². The second-order valence-electron chi connectivity index (χ2n) is 9.50. The summed E-state index contributed by atoms with van der Waals surface area (Å²) in [6.45, 7) is 15.2. The maximum absolute atomic E-state index is 12.4. The Morgan fingerprint density at radius 1 is 1.08 bits per heavy atom. The number of ether oxygens (including phenoxy) is 2. The highest BCUT2D eigenvalue weighted by Gasteiger charge is 2.41. The molecule has 0 aromatic heterocycles. The van der Waals surface area contributed by atoms with Gasteiger partial charge in [0.15, 0.2) is 0 Å². The Morgan fingerprint density at radius 2 is 1.76 bits per heavy atom. The number of nitrogens with zero attached hydrogens (tertiary/aromatic N) is 1. The zero-order valence-electron chi connectivity index (χ0n) is 17.3. The van der Waals surface area contributed by atoms with Crippen molar-refractivity contribution < 1.29 is 14.3 Å². The van der Waals surface area contributed by atoms with Crippen molar-refractivity contribution in [3.63, 3.8) is 0 Å². The fourth-order valence-electron chi connectivity index (χ4n) is 5.09. The molecule has 0 saturated carbocycles. The number of hydrogen-bond donors (Lipinski definition) is 0. The van der Waals surface area contributed by atoms with E-state index in [1.807, 2.05) is 0 Å². The van der Waals surface area contributed by atoms with Gasteiger partial charge in [0.1, 0.15) is 0 Å². The fraction of sp³-hybridized carbons (Fsp3) is 0.952. The van der Waals surface area contributed by atoms with Gasteiger partial charge in [0.05, 0.1) is 11.2 Å². The second kappa shape index (κ2) is 7.96. The van der Waals surface area contributed by atoms with Gasteiger partial charge in [-0.2, -0.15) is 0 Å². The molecule has 0 bridgehead atoms. The van der Waals surface area contributed by atoms with Crippen molar-refractivity contribution >= 4 is 5.91 Å². The maximum atomic E-state index is 12.4. The van der Waals surface area contributed by atoms with Crippen molar-refractivity contribution in [2.45, 2.75) is 104 Å². The summed E-state index contributed by atoms with van der Waals surface area (Å²) in [5, 5.41) is 0. The zero-order valence-corrected chi connectivity index (χ0v) is 17.3. The van der Waals surface area contributed by atoms with Gasteiger partial charge >= 0.3 is 0 Å². The molecule has 0 aromatic carbocycles. The van der Waals surface area contributed by atoms with Crippen LogP contribution in [0.1, 0.15) is 86.5 Å². The molecular formula is C21H39NO3. The highest BCUT2D eigenvalue weighted by Crippen LogP contribution is 2.45. The molecule has 0 aliphatic carbocycles. The van der Waals surface area contributed by atoms with E-state index < -0.39 is 0 Å². The summed E-state index contributed by atoms with van der Waals surface area (Å²) < 4.78 is 11.8. The summed E-state index contributed by atoms with van der Waals surface area (Å²) in [5.74, 6) is 0.209. The zero-order chi connectivity index (χ0) is 18.7. The summed E-state index contributed by atoms with van der Waals surface area (Å²) in [6, 6.07) is 0.313. The molecule has 0 aromatic rings. The summed E-state index contributed by atoms with van der Waals surface area (Å²) in [4.78, 5) is 14.5. The first kappa shape index (κ1) is 20.7. The van der Waals surface area contributed by atoms with E-state index in [9.17, 15) is 4.79 Å². The number of amides is 1. The van der Waals surface area contributed by atoms with Crippen LogP contribution in [0.3, 0.4) is 0 Å². The van der Waals surface area contributed by atoms with E-state index in [-0.39, 0.29) is 17.1 Å². The van der Waals surface area contributed by atoms with E-state index in [1.165, 1.54) is 12.8 Å². The molecule has 2 saturated heterocycles. The third kappa shape index (κ3) is 5.68. The quantitative estimate of drug-likeness (QED) is 0.703. The molecule has 2 atom stereocenters. The molecule has 2 fully saturated rings. The van der Waals surface area contributed by atoms with Crippen LogP contribution in [0.15, 0.2) is 0 Å². The lowest BCUT2D eigenvalue weighted by Gasteiger charge is -2.47. The molecule has 146 valence electrons. The molecule has 4 nitrogen and oxygen atoms in total. The maximum Gasteiger partial charge on any atom is 0.219 e. The topological polar surface area (TPSA) is 38.8 Å². The van der Waals surface area contributed by atoms with Crippen LogP contribution in [0.2, 0.25) is 0 Å². The van der Waals surface area contributed by atoms with Crippen molar-refractivity contribution in [3.8, 4) is 0 Å². The Bertz CT molecular complexity index is 456. The minimum Gasteiger partial charge on any atom is -0.376 e. The fourth-order valence-corrected chi connectivity index (χ4v) is 5.09. The number of rotatable bonds is 6. The highest BCUT2D eigenvalue weighted by molar-refractivity contribution is 5.73. The van der Waals surface area contributed by atoms with E-state index in [2.05, 4.69) is 39.5 Å². The van der Waals surface area contributed by atoms with Gasteiger partial charge in [0.25, 0.3) is 0 Å². The Balaban J connectivity index is 2.06. The third-order valence-corrected chi connectivity index (χ3v) is 6.11. The predicted octanol–water partition coefficient (Wildman–Crippen LogP) is 4.56. The van der Waals surface area contributed by atoms with E-state index in [1.54, 1.807) is 6.92 Å². The molecule has 2 aliphatic heterocycles. The standard InChI is InChI=1S/C21H39NO3/c1-7-9-21(11-14-25-20(5,6)16-21)10-12-22(17(2)23)18-8-13-24-19(3,4)15-18/h18H,7-16H2,1-6H3. The Labute approximate surface area is 154 Å². The lowest BCUT2D eigenvalue weighted by atomic mass is 9.69. The van der Waals surface area contributed by atoms with Gasteiger partial charge in [0.2, 0.25) is 5.91 Å². The van der Waals surface area contributed by atoms with Crippen LogP contribution in [0.25, 0.3) is 0 Å². The Hall–Kier alpha value is -0.610. The van der Waals surface area contributed by atoms with Crippen LogP contribution in [0, 0.1) is 5.41 Å². The van der Waals surface area contributed by atoms with Crippen LogP contribution in [-0.4, -0.2) is 47.8 Å². The molecule has 25 heavy (non-hydrogen) atoms. The molecular weight excluding hydrogens is 314 g/mol. The van der Waals surface area contributed by atoms with Crippen molar-refractivity contribution in [2.75, 3.05) is 19.8 Å². The average Bonchev–Trinajstić information content (AvgIpc) is 2.45. The van der Waals surface area contributed by atoms with Gasteiger partial charge in [-0.3, -0.25) is 4.79 Å². The SMILES string of the molecule is CCCC1(CCN(C(C)=O)C2CCOC(C)(C)C2)CCOC(C)(C)C1. The van der Waals surface area contributed by atoms with Gasteiger partial charge in [0, 0.05) is 32.7 Å². The Morgan fingerprint density at radius 3 is 2.32 bits per heavy atom. The summed E-state index contributed by atoms with van der Waals surface area (Å²) >= 11 is 0. The number of carbonyl (C=O) groups is 1. The number of hydrogen-bond acceptors (Lipinski definition) is 3. The molecule has 2 aliphatic rings. The molecule has 0 N–H and O–H groups in total. The largest absolute Gasteiger partial charge is 0.376 e. The van der Waals surface area contributed by atoms with Gasteiger partial charge in [-0.25, -0.2) is 0 Å². The van der Waals surface area contributed by atoms with Crippen molar-refractivity contribution in [2.24, 2.45) is 5.41 Å². The molecule has 2 rings (SSSR count). The monoisotopic (exact) mass is 353 g/mol. The van der Waals surface area contributed by atoms with Gasteiger partial charge in [-0.1, -0.05) is 13.3 Å². The van der Waals surface area contributed by atoms with Gasteiger partial charge in [-0.15, -0.1) is 0 Å². The summed E-state index contributed by atoms with van der Waals surface area (Å²) in [6.07, 6.45) is 7.62. The van der Waals surface area contributed by atoms with Gasteiger partial charge < -0.3 is 14.4 Å². The highest BCUT2D eigenvalue weighted by atomic mass is 16.5. The molecule has 0 radical (unpaired) electrons. The summed E-state index contributed by atoms with van der Waals surface area (Å²) in [5.41, 5.74) is 0.137. The lowest BCUT2D eigenvalue weighted by molar-refractivity contribution is -0.140. The predicted molar refractivity (Wildman–Crippen MR) is 102 cm³/mol. The second-order valence-corrected chi connectivity index (χ2v) is 9.50. The molecule has 0 spiro atoms. The van der Waals surface area contributed by atoms with Crippen molar-refractivity contribution in [3.05, 3.63) is 0 Å². The van der Waals surface area contributed by atoms with Crippen LogP contribution in [-0.2, 0) is 14.3 Å². The normalized spacial score (nSPS) is 31.5. The molecule has 2 heterocycles. The number of carbonyl (C=O) groups excluding carboxylic acids is 1. The molecule has 1 amide bonds. The van der Waals surface area contributed by atoms with Crippen LogP contribution in [0.4, 0.5) is 0 Å². The first-order valence-corrected chi connectivity index (χ1v) is 10.1. The van der Waals surface area contributed by atoms with Crippen LogP contribution >= 0.6 is 0 Å². The molecule has 2 unspecified atom stereocenters. The first-order chi connectivity index (χ1) is 11.6. The van der Waals surface area contributed by atoms with E-state index in [4.69, 9.17) is 9.47 Å². The summed E-state index contributed by atoms with van der Waals surface area (Å²) in [7, 11) is 0. The smallest absolute Gasteiger partial charge is 0.219 e. The van der Waals surface area contributed by atoms with E-state index >= 15 is 0 Å². The van der Waals surface area contributed by atoms with E-state index in [0.29, 0.717) is 11.5 Å². The minimum atomic E-state index is -0.127. The average molecular weight is 354 g/mol. The third-order valence-electron chi connectivity index (χ3n) is 6.11. The first-order valence-electron chi connectivity index (χ1n) is 10.1. The Kier molecular flexibility index (Phi) is 6.59.